The maximum atomic E-state index is 12.4. The van der Waals surface area contributed by atoms with Crippen molar-refractivity contribution in [1.29, 1.82) is 0 Å². The number of carbonyl (C=O) groups excluding carboxylic acids is 1. The molecule has 0 bridgehead atoms. The lowest BCUT2D eigenvalue weighted by atomic mass is 9.95. The van der Waals surface area contributed by atoms with Crippen LogP contribution in [-0.2, 0) is 5.06 Å². The highest BCUT2D eigenvalue weighted by atomic mass is 35.5. The van der Waals surface area contributed by atoms with Gasteiger partial charge < -0.3 is 4.74 Å². The van der Waals surface area contributed by atoms with E-state index in [2.05, 4.69) is 0 Å². The van der Waals surface area contributed by atoms with Crippen LogP contribution >= 0.6 is 46.4 Å². The fraction of sp³-hybridized carbons (Fsp3) is 0.133. The van der Waals surface area contributed by atoms with Gasteiger partial charge in [-0.15, -0.1) is 11.6 Å². The summed E-state index contributed by atoms with van der Waals surface area (Å²) in [6.07, 6.45) is 0. The van der Waals surface area contributed by atoms with Crippen LogP contribution in [-0.4, -0.2) is 11.2 Å². The summed E-state index contributed by atoms with van der Waals surface area (Å²) in [5.41, 5.74) is 0.884. The van der Waals surface area contributed by atoms with E-state index in [4.69, 9.17) is 51.1 Å². The minimum Gasteiger partial charge on any atom is -0.465 e. The summed E-state index contributed by atoms with van der Waals surface area (Å²) in [6.45, 7) is 0. The molecule has 0 N–H and O–H groups in total. The zero-order chi connectivity index (χ0) is 15.2. The molecule has 108 valence electrons. The Morgan fingerprint density at radius 2 is 1.62 bits per heavy atom. The molecule has 0 fully saturated rings. The lowest BCUT2D eigenvalue weighted by Crippen LogP contribution is -2.45. The third-order valence-electron chi connectivity index (χ3n) is 3.26. The van der Waals surface area contributed by atoms with Crippen molar-refractivity contribution in [1.82, 2.24) is 0 Å². The molecule has 1 aliphatic heterocycles. The first kappa shape index (κ1) is 15.0. The molecular formula is C15H8Cl4O2. The standard InChI is InChI=1S/C15H8Cl4O2/c16-9-3-1-8(2-4-9)15(19)14(18)13(20)11-7-10(17)5-6-12(11)21-15/h1-7,14H. The Labute approximate surface area is 141 Å². The molecule has 2 atom stereocenters. The van der Waals surface area contributed by atoms with Gasteiger partial charge >= 0.3 is 0 Å². The van der Waals surface area contributed by atoms with Crippen LogP contribution < -0.4 is 4.74 Å². The summed E-state index contributed by atoms with van der Waals surface area (Å²) in [5.74, 6) is 0.0246. The number of ether oxygens (including phenoxy) is 1. The molecule has 0 spiro atoms. The van der Waals surface area contributed by atoms with Gasteiger partial charge in [0, 0.05) is 15.6 Å². The van der Waals surface area contributed by atoms with Crippen molar-refractivity contribution >= 4 is 52.2 Å². The maximum absolute atomic E-state index is 12.4. The smallest absolute Gasteiger partial charge is 0.231 e. The molecule has 2 unspecified atom stereocenters. The predicted octanol–water partition coefficient (Wildman–Crippen LogP) is 5.27. The number of rotatable bonds is 1. The minimum atomic E-state index is -1.48. The van der Waals surface area contributed by atoms with Crippen LogP contribution in [0.2, 0.25) is 10.0 Å². The molecule has 0 amide bonds. The van der Waals surface area contributed by atoms with E-state index in [-0.39, 0.29) is 5.78 Å². The molecule has 21 heavy (non-hydrogen) atoms. The van der Waals surface area contributed by atoms with Crippen molar-refractivity contribution < 1.29 is 9.53 Å². The minimum absolute atomic E-state index is 0.327. The average Bonchev–Trinajstić information content (AvgIpc) is 2.47. The normalized spacial score (nSPS) is 24.4. The van der Waals surface area contributed by atoms with Crippen molar-refractivity contribution in [2.45, 2.75) is 10.4 Å². The van der Waals surface area contributed by atoms with Crippen LogP contribution in [0.3, 0.4) is 0 Å². The van der Waals surface area contributed by atoms with E-state index < -0.39 is 10.4 Å². The number of Topliss-reactive ketones (excluding diaryl/α,β-unsaturated/α-hetero) is 1. The summed E-state index contributed by atoms with van der Waals surface area (Å²) in [4.78, 5) is 12.4. The van der Waals surface area contributed by atoms with Gasteiger partial charge in [-0.05, 0) is 30.3 Å². The van der Waals surface area contributed by atoms with Gasteiger partial charge in [0.15, 0.2) is 11.2 Å². The fourth-order valence-electron chi connectivity index (χ4n) is 2.18. The van der Waals surface area contributed by atoms with Crippen LogP contribution in [0.1, 0.15) is 15.9 Å². The van der Waals surface area contributed by atoms with E-state index in [1.807, 2.05) is 0 Å². The number of alkyl halides is 2. The molecule has 2 aromatic carbocycles. The number of ketones is 1. The second-order valence-electron chi connectivity index (χ2n) is 4.62. The number of hydrogen-bond acceptors (Lipinski definition) is 2. The van der Waals surface area contributed by atoms with Crippen molar-refractivity contribution in [3.05, 3.63) is 63.6 Å². The molecule has 0 aliphatic carbocycles. The fourth-order valence-corrected chi connectivity index (χ4v) is 3.08. The lowest BCUT2D eigenvalue weighted by Gasteiger charge is -2.36. The molecule has 0 saturated carbocycles. The summed E-state index contributed by atoms with van der Waals surface area (Å²) < 4.78 is 5.79. The topological polar surface area (TPSA) is 26.3 Å². The quantitative estimate of drug-likeness (QED) is 0.647. The first-order chi connectivity index (χ1) is 9.91. The highest BCUT2D eigenvalue weighted by molar-refractivity contribution is 6.42. The molecule has 1 heterocycles. The van der Waals surface area contributed by atoms with E-state index in [1.165, 1.54) is 6.07 Å². The zero-order valence-corrected chi connectivity index (χ0v) is 13.5. The Kier molecular flexibility index (Phi) is 3.83. The Bertz CT molecular complexity index is 714. The highest BCUT2D eigenvalue weighted by Crippen LogP contribution is 2.45. The Morgan fingerprint density at radius 3 is 2.29 bits per heavy atom. The van der Waals surface area contributed by atoms with Crippen LogP contribution in [0.25, 0.3) is 0 Å². The average molecular weight is 362 g/mol. The van der Waals surface area contributed by atoms with Gasteiger partial charge in [0.1, 0.15) is 5.75 Å². The molecular weight excluding hydrogens is 354 g/mol. The summed E-state index contributed by atoms with van der Waals surface area (Å²) in [5, 5.41) is -1.57. The maximum Gasteiger partial charge on any atom is 0.231 e. The molecule has 0 saturated heterocycles. The summed E-state index contributed by atoms with van der Waals surface area (Å²) in [6, 6.07) is 11.4. The van der Waals surface area contributed by atoms with Crippen molar-refractivity contribution in [2.24, 2.45) is 0 Å². The van der Waals surface area contributed by atoms with Crippen LogP contribution in [0, 0.1) is 0 Å². The molecule has 1 aliphatic rings. The van der Waals surface area contributed by atoms with Gasteiger partial charge in [0.25, 0.3) is 0 Å². The first-order valence-electron chi connectivity index (χ1n) is 6.03. The summed E-state index contributed by atoms with van der Waals surface area (Å²) in [7, 11) is 0. The second-order valence-corrected chi connectivity index (χ2v) is 6.49. The van der Waals surface area contributed by atoms with Crippen LogP contribution in [0.5, 0.6) is 5.75 Å². The van der Waals surface area contributed by atoms with Crippen LogP contribution in [0.15, 0.2) is 42.5 Å². The number of halogens is 4. The monoisotopic (exact) mass is 360 g/mol. The Morgan fingerprint density at radius 1 is 1.00 bits per heavy atom. The van der Waals surface area contributed by atoms with Crippen molar-refractivity contribution in [2.75, 3.05) is 0 Å². The van der Waals surface area contributed by atoms with Gasteiger partial charge in [0.2, 0.25) is 5.06 Å². The van der Waals surface area contributed by atoms with Gasteiger partial charge in [-0.2, -0.15) is 0 Å². The van der Waals surface area contributed by atoms with Crippen LogP contribution in [0.4, 0.5) is 0 Å². The predicted molar refractivity (Wildman–Crippen MR) is 85.0 cm³/mol. The molecule has 0 radical (unpaired) electrons. The Hall–Kier alpha value is -0.930. The SMILES string of the molecule is O=C1c2cc(Cl)ccc2OC(Cl)(c2ccc(Cl)cc2)C1Cl. The van der Waals surface area contributed by atoms with E-state index in [9.17, 15) is 4.79 Å². The number of carbonyl (C=O) groups is 1. The molecule has 2 nitrogen and oxygen atoms in total. The van der Waals surface area contributed by atoms with E-state index in [0.29, 0.717) is 26.9 Å². The highest BCUT2D eigenvalue weighted by Gasteiger charge is 2.49. The van der Waals surface area contributed by atoms with Crippen molar-refractivity contribution in [3.8, 4) is 5.75 Å². The Balaban J connectivity index is 2.11. The zero-order valence-electron chi connectivity index (χ0n) is 10.4. The van der Waals surface area contributed by atoms with E-state index >= 15 is 0 Å². The first-order valence-corrected chi connectivity index (χ1v) is 7.60. The number of fused-ring (bicyclic) bond motifs is 1. The number of benzene rings is 2. The van der Waals surface area contributed by atoms with E-state index in [1.54, 1.807) is 36.4 Å². The third kappa shape index (κ3) is 2.51. The van der Waals surface area contributed by atoms with E-state index in [0.717, 1.165) is 0 Å². The van der Waals surface area contributed by atoms with Gasteiger partial charge in [-0.25, -0.2) is 0 Å². The molecule has 3 rings (SSSR count). The third-order valence-corrected chi connectivity index (χ3v) is 4.88. The second kappa shape index (κ2) is 5.36. The lowest BCUT2D eigenvalue weighted by molar-refractivity contribution is 0.0783. The van der Waals surface area contributed by atoms with Gasteiger partial charge in [0.05, 0.1) is 5.56 Å². The molecule has 2 aromatic rings. The largest absolute Gasteiger partial charge is 0.465 e. The molecule has 0 aromatic heterocycles. The van der Waals surface area contributed by atoms with Gasteiger partial charge in [-0.1, -0.05) is 46.9 Å². The summed E-state index contributed by atoms with van der Waals surface area (Å²) >= 11 is 24.5. The number of hydrogen-bond donors (Lipinski definition) is 0. The molecule has 6 heteroatoms. The van der Waals surface area contributed by atoms with Crippen molar-refractivity contribution in [3.63, 3.8) is 0 Å². The van der Waals surface area contributed by atoms with Gasteiger partial charge in [-0.3, -0.25) is 4.79 Å².